The zero-order chi connectivity index (χ0) is 19.1. The van der Waals surface area contributed by atoms with Gasteiger partial charge in [-0.3, -0.25) is 14.5 Å². The van der Waals surface area contributed by atoms with Crippen molar-refractivity contribution in [3.63, 3.8) is 0 Å². The van der Waals surface area contributed by atoms with Gasteiger partial charge in [-0.15, -0.1) is 0 Å². The number of aryl methyl sites for hydroxylation is 1. The van der Waals surface area contributed by atoms with Gasteiger partial charge in [0.05, 0.1) is 0 Å². The molecular weight excluding hydrogens is 356 g/mol. The molecule has 2 amide bonds. The second-order valence-electron chi connectivity index (χ2n) is 6.57. The van der Waals surface area contributed by atoms with Crippen molar-refractivity contribution in [1.82, 2.24) is 4.98 Å². The SMILES string of the molecule is Cc1cc(Cl)ccc1NC(=O)CN1C(=O)C(C)(C)Oc2ccc(N)nc21. The van der Waals surface area contributed by atoms with Gasteiger partial charge in [0.15, 0.2) is 17.2 Å². The number of nitrogens with zero attached hydrogens (tertiary/aromatic N) is 2. The molecular formula is C18H19ClN4O3. The quantitative estimate of drug-likeness (QED) is 0.860. The third-order valence-electron chi connectivity index (χ3n) is 4.01. The predicted octanol–water partition coefficient (Wildman–Crippen LogP) is 2.77. The van der Waals surface area contributed by atoms with Gasteiger partial charge in [0.25, 0.3) is 5.91 Å². The molecule has 26 heavy (non-hydrogen) atoms. The molecule has 0 spiro atoms. The molecule has 0 atom stereocenters. The lowest BCUT2D eigenvalue weighted by Gasteiger charge is -2.37. The number of carbonyl (C=O) groups excluding carboxylic acids is 2. The van der Waals surface area contributed by atoms with E-state index in [1.807, 2.05) is 6.92 Å². The fraction of sp³-hybridized carbons (Fsp3) is 0.278. The lowest BCUT2D eigenvalue weighted by atomic mass is 10.1. The lowest BCUT2D eigenvalue weighted by Crippen LogP contribution is -2.54. The molecule has 1 aromatic heterocycles. The van der Waals surface area contributed by atoms with E-state index in [2.05, 4.69) is 10.3 Å². The number of halogens is 1. The minimum absolute atomic E-state index is 0.211. The van der Waals surface area contributed by atoms with Crippen molar-refractivity contribution in [3.8, 4) is 5.75 Å². The highest BCUT2D eigenvalue weighted by molar-refractivity contribution is 6.30. The summed E-state index contributed by atoms with van der Waals surface area (Å²) in [6.45, 7) is 4.91. The molecule has 0 aliphatic carbocycles. The van der Waals surface area contributed by atoms with Crippen LogP contribution in [0.15, 0.2) is 30.3 Å². The average Bonchev–Trinajstić information content (AvgIpc) is 2.55. The first-order valence-corrected chi connectivity index (χ1v) is 8.39. The van der Waals surface area contributed by atoms with Crippen LogP contribution < -0.4 is 20.7 Å². The first-order valence-electron chi connectivity index (χ1n) is 8.01. The summed E-state index contributed by atoms with van der Waals surface area (Å²) in [6, 6.07) is 8.37. The number of benzene rings is 1. The van der Waals surface area contributed by atoms with Gasteiger partial charge < -0.3 is 15.8 Å². The van der Waals surface area contributed by atoms with E-state index in [0.29, 0.717) is 16.5 Å². The normalized spacial score (nSPS) is 15.2. The highest BCUT2D eigenvalue weighted by Gasteiger charge is 2.42. The van der Waals surface area contributed by atoms with Crippen LogP contribution in [0.1, 0.15) is 19.4 Å². The third-order valence-corrected chi connectivity index (χ3v) is 4.24. The maximum Gasteiger partial charge on any atom is 0.272 e. The number of nitrogens with one attached hydrogen (secondary N) is 1. The number of carbonyl (C=O) groups is 2. The Balaban J connectivity index is 1.87. The van der Waals surface area contributed by atoms with Crippen LogP contribution in [0, 0.1) is 6.92 Å². The zero-order valence-corrected chi connectivity index (χ0v) is 15.4. The molecule has 7 nitrogen and oxygen atoms in total. The second-order valence-corrected chi connectivity index (χ2v) is 7.01. The Morgan fingerprint density at radius 1 is 1.35 bits per heavy atom. The number of anilines is 3. The molecule has 2 heterocycles. The largest absolute Gasteiger partial charge is 0.474 e. The van der Waals surface area contributed by atoms with Crippen LogP contribution in [0.2, 0.25) is 5.02 Å². The number of hydrogen-bond donors (Lipinski definition) is 2. The molecule has 1 aliphatic rings. The third kappa shape index (κ3) is 3.43. The molecule has 2 aromatic rings. The number of hydrogen-bond acceptors (Lipinski definition) is 5. The van der Waals surface area contributed by atoms with Crippen molar-refractivity contribution < 1.29 is 14.3 Å². The maximum absolute atomic E-state index is 12.7. The van der Waals surface area contributed by atoms with Gasteiger partial charge in [0.2, 0.25) is 5.91 Å². The molecule has 1 aliphatic heterocycles. The van der Waals surface area contributed by atoms with Crippen molar-refractivity contribution in [3.05, 3.63) is 40.9 Å². The fourth-order valence-corrected chi connectivity index (χ4v) is 2.94. The van der Waals surface area contributed by atoms with E-state index in [0.717, 1.165) is 5.56 Å². The molecule has 0 bridgehead atoms. The molecule has 3 N–H and O–H groups in total. The fourth-order valence-electron chi connectivity index (χ4n) is 2.71. The van der Waals surface area contributed by atoms with Gasteiger partial charge in [-0.1, -0.05) is 11.6 Å². The van der Waals surface area contributed by atoms with Gasteiger partial charge in [-0.05, 0) is 56.7 Å². The van der Waals surface area contributed by atoms with Gasteiger partial charge in [-0.2, -0.15) is 0 Å². The Bertz CT molecular complexity index is 898. The van der Waals surface area contributed by atoms with Crippen molar-refractivity contribution in [2.75, 3.05) is 22.5 Å². The van der Waals surface area contributed by atoms with Crippen LogP contribution in [0.25, 0.3) is 0 Å². The lowest BCUT2D eigenvalue weighted by molar-refractivity contribution is -0.133. The van der Waals surface area contributed by atoms with E-state index < -0.39 is 5.60 Å². The maximum atomic E-state index is 12.7. The van der Waals surface area contributed by atoms with E-state index >= 15 is 0 Å². The van der Waals surface area contributed by atoms with E-state index in [-0.39, 0.29) is 30.0 Å². The minimum Gasteiger partial charge on any atom is -0.474 e. The van der Waals surface area contributed by atoms with Crippen LogP contribution in [0.5, 0.6) is 5.75 Å². The summed E-state index contributed by atoms with van der Waals surface area (Å²) in [5.41, 5.74) is 6.06. The Hall–Kier alpha value is -2.80. The summed E-state index contributed by atoms with van der Waals surface area (Å²) >= 11 is 5.93. The second kappa shape index (κ2) is 6.49. The standard InChI is InChI=1S/C18H19ClN4O3/c1-10-8-11(19)4-5-12(10)21-15(24)9-23-16-13(6-7-14(20)22-16)26-18(2,3)17(23)25/h4-8H,9H2,1-3H3,(H2,20,22)(H,21,24). The summed E-state index contributed by atoms with van der Waals surface area (Å²) in [4.78, 5) is 30.7. The molecule has 1 aromatic carbocycles. The predicted molar refractivity (Wildman–Crippen MR) is 101 cm³/mol. The van der Waals surface area contributed by atoms with Crippen molar-refractivity contribution >= 4 is 40.7 Å². The van der Waals surface area contributed by atoms with Crippen molar-refractivity contribution in [2.45, 2.75) is 26.4 Å². The zero-order valence-electron chi connectivity index (χ0n) is 14.7. The average molecular weight is 375 g/mol. The number of aromatic nitrogens is 1. The van der Waals surface area contributed by atoms with Crippen molar-refractivity contribution in [1.29, 1.82) is 0 Å². The number of nitrogens with two attached hydrogens (primary N) is 1. The minimum atomic E-state index is -1.11. The van der Waals surface area contributed by atoms with Crippen LogP contribution >= 0.6 is 11.6 Å². The molecule has 136 valence electrons. The number of nitrogen functional groups attached to an aromatic ring is 1. The number of fused-ring (bicyclic) bond motifs is 1. The van der Waals surface area contributed by atoms with E-state index in [9.17, 15) is 9.59 Å². The first-order chi connectivity index (χ1) is 12.2. The van der Waals surface area contributed by atoms with E-state index in [1.54, 1.807) is 44.2 Å². The molecule has 3 rings (SSSR count). The summed E-state index contributed by atoms with van der Waals surface area (Å²) in [5.74, 6) is 0.137. The van der Waals surface area contributed by atoms with Gasteiger partial charge >= 0.3 is 0 Å². The van der Waals surface area contributed by atoms with Crippen LogP contribution in [0.4, 0.5) is 17.3 Å². The summed E-state index contributed by atoms with van der Waals surface area (Å²) in [7, 11) is 0. The molecule has 0 saturated carbocycles. The smallest absolute Gasteiger partial charge is 0.272 e. The number of amides is 2. The van der Waals surface area contributed by atoms with Crippen LogP contribution in [-0.2, 0) is 9.59 Å². The van der Waals surface area contributed by atoms with Gasteiger partial charge in [-0.25, -0.2) is 4.98 Å². The first kappa shape index (κ1) is 18.0. The van der Waals surface area contributed by atoms with E-state index in [4.69, 9.17) is 22.1 Å². The number of pyridine rings is 1. The number of ether oxygens (including phenoxy) is 1. The van der Waals surface area contributed by atoms with Gasteiger partial charge in [0, 0.05) is 10.7 Å². The monoisotopic (exact) mass is 374 g/mol. The molecule has 0 saturated heterocycles. The summed E-state index contributed by atoms with van der Waals surface area (Å²) in [5, 5.41) is 3.37. The number of rotatable bonds is 3. The molecule has 0 fully saturated rings. The highest BCUT2D eigenvalue weighted by atomic mass is 35.5. The highest BCUT2D eigenvalue weighted by Crippen LogP contribution is 2.36. The summed E-state index contributed by atoms with van der Waals surface area (Å²) in [6.07, 6.45) is 0. The Morgan fingerprint density at radius 2 is 2.08 bits per heavy atom. The van der Waals surface area contributed by atoms with Crippen LogP contribution in [0.3, 0.4) is 0 Å². The van der Waals surface area contributed by atoms with Crippen molar-refractivity contribution in [2.24, 2.45) is 0 Å². The van der Waals surface area contributed by atoms with Gasteiger partial charge in [0.1, 0.15) is 12.4 Å². The van der Waals surface area contributed by atoms with E-state index in [1.165, 1.54) is 4.90 Å². The molecule has 8 heteroatoms. The Kier molecular flexibility index (Phi) is 4.50. The Morgan fingerprint density at radius 3 is 2.77 bits per heavy atom. The molecule has 0 radical (unpaired) electrons. The Labute approximate surface area is 156 Å². The summed E-state index contributed by atoms with van der Waals surface area (Å²) < 4.78 is 5.69. The molecule has 0 unspecified atom stereocenters. The topological polar surface area (TPSA) is 97.5 Å². The van der Waals surface area contributed by atoms with Crippen LogP contribution in [-0.4, -0.2) is 28.9 Å².